The van der Waals surface area contributed by atoms with Gasteiger partial charge in [-0.15, -0.1) is 0 Å². The zero-order valence-corrected chi connectivity index (χ0v) is 21.4. The number of rotatable bonds is 20. The molecule has 0 bridgehead atoms. The summed E-state index contributed by atoms with van der Waals surface area (Å²) in [5, 5.41) is 1.00. The van der Waals surface area contributed by atoms with E-state index >= 15 is 0 Å². The van der Waals surface area contributed by atoms with Crippen molar-refractivity contribution in [3.05, 3.63) is 24.3 Å². The molecular formula is C27H53Br. The van der Waals surface area contributed by atoms with E-state index in [2.05, 4.69) is 61.0 Å². The van der Waals surface area contributed by atoms with Crippen molar-refractivity contribution in [3.8, 4) is 0 Å². The zero-order valence-electron chi connectivity index (χ0n) is 19.8. The SMILES string of the molecule is CCC=CCCCCCCCCCC.CCCCCCCCCCC=CCBr. The summed E-state index contributed by atoms with van der Waals surface area (Å²) < 4.78 is 0. The molecule has 0 fully saturated rings. The molecule has 28 heavy (non-hydrogen) atoms. The molecular weight excluding hydrogens is 404 g/mol. The largest absolute Gasteiger partial charge is 0.0888 e. The van der Waals surface area contributed by atoms with Gasteiger partial charge in [-0.25, -0.2) is 0 Å². The molecule has 0 saturated heterocycles. The number of hydrogen-bond acceptors (Lipinski definition) is 0. The van der Waals surface area contributed by atoms with E-state index < -0.39 is 0 Å². The molecule has 0 radical (unpaired) electrons. The maximum Gasteiger partial charge on any atom is 0.0212 e. The first-order valence-electron chi connectivity index (χ1n) is 12.7. The minimum absolute atomic E-state index is 1.00. The van der Waals surface area contributed by atoms with Gasteiger partial charge in [-0.2, -0.15) is 0 Å². The van der Waals surface area contributed by atoms with Crippen LogP contribution in [0.25, 0.3) is 0 Å². The number of alkyl halides is 1. The quantitative estimate of drug-likeness (QED) is 0.0968. The third-order valence-electron chi connectivity index (χ3n) is 5.11. The fraction of sp³-hybridized carbons (Fsp3) is 0.852. The molecule has 0 saturated carbocycles. The molecule has 0 aliphatic carbocycles. The van der Waals surface area contributed by atoms with Crippen LogP contribution in [0, 0.1) is 0 Å². The maximum absolute atomic E-state index is 3.38. The van der Waals surface area contributed by atoms with Crippen molar-refractivity contribution in [2.75, 3.05) is 5.33 Å². The summed E-state index contributed by atoms with van der Waals surface area (Å²) in [4.78, 5) is 0. The van der Waals surface area contributed by atoms with Crippen LogP contribution in [-0.2, 0) is 0 Å². The predicted molar refractivity (Wildman–Crippen MR) is 137 cm³/mol. The number of allylic oxidation sites excluding steroid dienone is 4. The first kappa shape index (κ1) is 30.2. The van der Waals surface area contributed by atoms with Crippen LogP contribution in [0.5, 0.6) is 0 Å². The van der Waals surface area contributed by atoms with Gasteiger partial charge in [0, 0.05) is 5.33 Å². The molecule has 0 aliphatic heterocycles. The number of hydrogen-bond donors (Lipinski definition) is 0. The molecule has 0 unspecified atom stereocenters. The minimum atomic E-state index is 1.00. The van der Waals surface area contributed by atoms with Crippen LogP contribution in [0.15, 0.2) is 24.3 Å². The van der Waals surface area contributed by atoms with Crippen molar-refractivity contribution in [1.29, 1.82) is 0 Å². The highest BCUT2D eigenvalue weighted by Crippen LogP contribution is 2.10. The Bertz CT molecular complexity index is 263. The van der Waals surface area contributed by atoms with E-state index in [9.17, 15) is 0 Å². The molecule has 0 amide bonds. The van der Waals surface area contributed by atoms with Crippen LogP contribution in [0.1, 0.15) is 143 Å². The standard InChI is InChI=1S/C14H28.C13H25Br/c1-3-5-7-9-11-13-14-12-10-8-6-4-2;1-2-3-4-5-6-7-8-9-10-11-12-13-14/h5,7H,3-4,6,8-14H2,1-2H3;11-12H,2-10,13H2,1H3. The molecule has 0 atom stereocenters. The van der Waals surface area contributed by atoms with Gasteiger partial charge in [0.25, 0.3) is 0 Å². The van der Waals surface area contributed by atoms with Crippen molar-refractivity contribution >= 4 is 15.9 Å². The van der Waals surface area contributed by atoms with Crippen LogP contribution in [-0.4, -0.2) is 5.33 Å². The van der Waals surface area contributed by atoms with Gasteiger partial charge in [-0.3, -0.25) is 0 Å². The first-order valence-corrected chi connectivity index (χ1v) is 13.8. The summed E-state index contributed by atoms with van der Waals surface area (Å²) in [6.45, 7) is 6.75. The third kappa shape index (κ3) is 33.5. The average molecular weight is 458 g/mol. The Morgan fingerprint density at radius 1 is 0.429 bits per heavy atom. The van der Waals surface area contributed by atoms with E-state index in [4.69, 9.17) is 0 Å². The second-order valence-electron chi connectivity index (χ2n) is 8.03. The van der Waals surface area contributed by atoms with Gasteiger partial charge in [0.2, 0.25) is 0 Å². The summed E-state index contributed by atoms with van der Waals surface area (Å²) in [7, 11) is 0. The van der Waals surface area contributed by atoms with Crippen molar-refractivity contribution in [2.24, 2.45) is 0 Å². The average Bonchev–Trinajstić information content (AvgIpc) is 2.71. The van der Waals surface area contributed by atoms with Crippen LogP contribution in [0.2, 0.25) is 0 Å². The third-order valence-corrected chi connectivity index (χ3v) is 5.48. The van der Waals surface area contributed by atoms with Gasteiger partial charge in [0.1, 0.15) is 0 Å². The molecule has 0 spiro atoms. The summed E-state index contributed by atoms with van der Waals surface area (Å²) in [6, 6.07) is 0. The lowest BCUT2D eigenvalue weighted by molar-refractivity contribution is 0.577. The van der Waals surface area contributed by atoms with Crippen molar-refractivity contribution < 1.29 is 0 Å². The van der Waals surface area contributed by atoms with E-state index in [1.165, 1.54) is 122 Å². The highest BCUT2D eigenvalue weighted by Gasteiger charge is 1.90. The fourth-order valence-corrected chi connectivity index (χ4v) is 3.52. The monoisotopic (exact) mass is 456 g/mol. The van der Waals surface area contributed by atoms with E-state index in [0.29, 0.717) is 0 Å². The molecule has 0 rings (SSSR count). The lowest BCUT2D eigenvalue weighted by Gasteiger charge is -1.99. The minimum Gasteiger partial charge on any atom is -0.0888 e. The smallest absolute Gasteiger partial charge is 0.0212 e. The summed E-state index contributed by atoms with van der Waals surface area (Å²) in [5.41, 5.74) is 0. The Kier molecular flexibility index (Phi) is 34.1. The maximum atomic E-state index is 3.38. The first-order chi connectivity index (χ1) is 13.8. The molecule has 1 heteroatoms. The molecule has 0 N–H and O–H groups in total. The molecule has 0 aliphatic rings. The molecule has 0 nitrogen and oxygen atoms in total. The highest BCUT2D eigenvalue weighted by atomic mass is 79.9. The Hall–Kier alpha value is -0.0400. The van der Waals surface area contributed by atoms with Crippen LogP contribution in [0.3, 0.4) is 0 Å². The van der Waals surface area contributed by atoms with Crippen LogP contribution in [0.4, 0.5) is 0 Å². The normalized spacial score (nSPS) is 11.3. The molecule has 0 aromatic heterocycles. The van der Waals surface area contributed by atoms with Gasteiger partial charge in [-0.1, -0.05) is 151 Å². The number of halogens is 1. The van der Waals surface area contributed by atoms with Crippen molar-refractivity contribution in [1.82, 2.24) is 0 Å². The van der Waals surface area contributed by atoms with Crippen LogP contribution < -0.4 is 0 Å². The lowest BCUT2D eigenvalue weighted by atomic mass is 10.1. The Morgan fingerprint density at radius 2 is 0.786 bits per heavy atom. The van der Waals surface area contributed by atoms with E-state index in [1.54, 1.807) is 0 Å². The van der Waals surface area contributed by atoms with Gasteiger partial charge in [-0.05, 0) is 32.1 Å². The number of unbranched alkanes of at least 4 members (excludes halogenated alkanes) is 16. The highest BCUT2D eigenvalue weighted by molar-refractivity contribution is 9.09. The second-order valence-corrected chi connectivity index (χ2v) is 8.68. The second kappa shape index (κ2) is 31.6. The predicted octanol–water partition coefficient (Wildman–Crippen LogP) is 11.0. The van der Waals surface area contributed by atoms with Gasteiger partial charge >= 0.3 is 0 Å². The topological polar surface area (TPSA) is 0 Å². The molecule has 0 aromatic rings. The summed E-state index contributed by atoms with van der Waals surface area (Å²) in [6.07, 6.45) is 35.6. The van der Waals surface area contributed by atoms with Crippen molar-refractivity contribution in [3.63, 3.8) is 0 Å². The Balaban J connectivity index is 0. The Labute approximate surface area is 188 Å². The van der Waals surface area contributed by atoms with Gasteiger partial charge < -0.3 is 0 Å². The lowest BCUT2D eigenvalue weighted by Crippen LogP contribution is -1.79. The van der Waals surface area contributed by atoms with Gasteiger partial charge in [0.05, 0.1) is 0 Å². The van der Waals surface area contributed by atoms with E-state index in [0.717, 1.165) is 5.33 Å². The zero-order chi connectivity index (χ0) is 21.0. The Morgan fingerprint density at radius 3 is 1.14 bits per heavy atom. The molecule has 0 heterocycles. The van der Waals surface area contributed by atoms with Gasteiger partial charge in [0.15, 0.2) is 0 Å². The van der Waals surface area contributed by atoms with E-state index in [-0.39, 0.29) is 0 Å². The molecule has 168 valence electrons. The molecule has 0 aromatic carbocycles. The fourth-order valence-electron chi connectivity index (χ4n) is 3.26. The van der Waals surface area contributed by atoms with Crippen LogP contribution >= 0.6 is 15.9 Å². The summed E-state index contributed by atoms with van der Waals surface area (Å²) >= 11 is 3.38. The van der Waals surface area contributed by atoms with E-state index in [1.807, 2.05) is 0 Å². The van der Waals surface area contributed by atoms with Crippen molar-refractivity contribution in [2.45, 2.75) is 143 Å². The summed E-state index contributed by atoms with van der Waals surface area (Å²) in [5.74, 6) is 0.